The number of aromatic amines is 1. The number of carbonyl (C=O) groups is 12. The first-order chi connectivity index (χ1) is 52.0. The molecule has 0 aliphatic carbocycles. The molecule has 32 heteroatoms. The Kier molecular flexibility index (Phi) is 29.3. The van der Waals surface area contributed by atoms with Gasteiger partial charge in [-0.25, -0.2) is 4.39 Å². The number of benzene rings is 4. The summed E-state index contributed by atoms with van der Waals surface area (Å²) >= 11 is 0. The van der Waals surface area contributed by atoms with E-state index in [1.165, 1.54) is 50.3 Å². The van der Waals surface area contributed by atoms with Gasteiger partial charge in [0.25, 0.3) is 0 Å². The Labute approximate surface area is 631 Å². The SMILES string of the molecule is COc1ccc(CC2NC(=O)C(C(C)O)NC(=O)C3C4CCN3C(=O)C(Cc3c[nH]c5ccc(F)cc35)NC(=O)C(Cc3cccc(c3)CNC(=O)CO4)NC(=O)C(CNC(=O)CCOCCOCC[N+](C)(C)C)NC(=O)C(C)NC(=O)CCC(=O)NCc3ccc(cc3)CCNC(=O)C3(C)CCCN3C2=O)cc1. The van der Waals surface area contributed by atoms with Crippen LogP contribution >= 0.6 is 0 Å². The fourth-order valence-corrected chi connectivity index (χ4v) is 13.4. The summed E-state index contributed by atoms with van der Waals surface area (Å²) in [6, 6.07) is 13.1. The average Bonchev–Trinajstić information content (AvgIpc) is 1.67. The maximum absolute atomic E-state index is 15.9. The Bertz CT molecular complexity index is 4080. The van der Waals surface area contributed by atoms with Crippen LogP contribution in [0.2, 0.25) is 0 Å². The largest absolute Gasteiger partial charge is 0.497 e. The van der Waals surface area contributed by atoms with E-state index in [0.717, 1.165) is 22.6 Å². The number of fused-ring (bicyclic) bond motifs is 26. The summed E-state index contributed by atoms with van der Waals surface area (Å²) < 4.78 is 38.8. The van der Waals surface area contributed by atoms with Gasteiger partial charge in [0.2, 0.25) is 70.9 Å². The van der Waals surface area contributed by atoms with E-state index in [9.17, 15) is 33.9 Å². The van der Waals surface area contributed by atoms with E-state index in [4.69, 9.17) is 18.9 Å². The molecular formula is C77H102FN14O17+. The summed E-state index contributed by atoms with van der Waals surface area (Å²) in [5.74, 6) is -9.67. The summed E-state index contributed by atoms with van der Waals surface area (Å²) in [6.45, 7) is 4.62. The van der Waals surface area contributed by atoms with Gasteiger partial charge in [0, 0.05) is 94.9 Å². The van der Waals surface area contributed by atoms with Crippen molar-refractivity contribution in [1.82, 2.24) is 68.0 Å². The number of aliphatic hydroxyl groups is 1. The second-order valence-corrected chi connectivity index (χ2v) is 29.2. The lowest BCUT2D eigenvalue weighted by atomic mass is 9.95. The molecule has 10 unspecified atom stereocenters. The minimum atomic E-state index is -1.86. The molecule has 0 radical (unpaired) electrons. The Balaban J connectivity index is 1.07. The van der Waals surface area contributed by atoms with E-state index in [1.807, 2.05) is 33.3 Å². The first-order valence-corrected chi connectivity index (χ1v) is 36.9. The molecule has 1 aromatic heterocycles. The third-order valence-electron chi connectivity index (χ3n) is 19.8. The molecule has 2 fully saturated rings. The summed E-state index contributed by atoms with van der Waals surface area (Å²) in [7, 11) is 7.57. The van der Waals surface area contributed by atoms with Gasteiger partial charge in [0.15, 0.2) is 0 Å². The van der Waals surface area contributed by atoms with E-state index >= 15 is 33.2 Å². The second kappa shape index (κ2) is 38.6. The van der Waals surface area contributed by atoms with Crippen LogP contribution in [0.1, 0.15) is 92.7 Å². The number of ether oxygens (including phenoxy) is 4. The summed E-state index contributed by atoms with van der Waals surface area (Å²) in [4.78, 5) is 180. The topological polar surface area (TPSA) is 405 Å². The van der Waals surface area contributed by atoms with Gasteiger partial charge >= 0.3 is 0 Å². The average molecular weight is 1510 g/mol. The molecular weight excluding hydrogens is 1410 g/mol. The molecule has 10 rings (SSSR count). The number of nitrogens with one attached hydrogen (secondary N) is 11. The highest BCUT2D eigenvalue weighted by Gasteiger charge is 2.50. The van der Waals surface area contributed by atoms with Crippen LogP contribution in [0.3, 0.4) is 0 Å². The van der Waals surface area contributed by atoms with Crippen LogP contribution in [-0.4, -0.2) is 249 Å². The van der Waals surface area contributed by atoms with Gasteiger partial charge in [0.05, 0.1) is 66.9 Å². The molecule has 6 heterocycles. The molecule has 588 valence electrons. The number of halogens is 1. The Morgan fingerprint density at radius 1 is 0.688 bits per heavy atom. The maximum atomic E-state index is 15.9. The molecule has 0 spiro atoms. The van der Waals surface area contributed by atoms with E-state index < -0.39 is 156 Å². The minimum Gasteiger partial charge on any atom is -0.497 e. The molecule has 4 aromatic carbocycles. The monoisotopic (exact) mass is 1510 g/mol. The van der Waals surface area contributed by atoms with Crippen molar-refractivity contribution in [2.75, 3.05) is 94.0 Å². The van der Waals surface area contributed by atoms with Crippen molar-refractivity contribution in [2.24, 2.45) is 0 Å². The van der Waals surface area contributed by atoms with Crippen LogP contribution in [0.25, 0.3) is 10.9 Å². The zero-order chi connectivity index (χ0) is 78.5. The first kappa shape index (κ1) is 82.6. The number of quaternary nitrogens is 1. The third kappa shape index (κ3) is 23.5. The van der Waals surface area contributed by atoms with Gasteiger partial charge in [-0.2, -0.15) is 0 Å². The summed E-state index contributed by atoms with van der Waals surface area (Å²) in [5, 5.41) is 39.1. The number of aliphatic hydroxyl groups excluding tert-OH is 1. The standard InChI is InChI=1S/C77H101FN14O17/c1-46-69(98)88-61(44-83-64(95)26-32-107-34-35-108-33-31-92(4,5)6)71(100)85-58-38-51-10-8-11-52(36-51)42-82-66(97)45-109-62-25-30-90(74(103)60(86-70(58)99)39-53-43-80-57-21-18-54(78)40-56(53)57)68(62)73(102)89-67(47(2)93)72(101)87-59(37-49-16-19-55(106-7)20-17-49)75(104)91-29-9-27-77(91,3)76(105)79-28-24-48-12-14-50(15-13-48)41-81-63(94)22-23-65(96)84-46/h8,10-21,36,40,43,46-47,58-62,67-68,80,93H,9,22-35,37-39,41-42,44-45H2,1-7H3,(H9-,79,81,82,83,84,85,86,87,88,89,94,95,96,97,98,99,100,101,102,105)/p+1. The number of carbonyl (C=O) groups excluding carboxylic acids is 12. The number of hydrogen-bond acceptors (Lipinski definition) is 17. The van der Waals surface area contributed by atoms with Crippen molar-refractivity contribution in [1.29, 1.82) is 0 Å². The van der Waals surface area contributed by atoms with Crippen LogP contribution in [0.5, 0.6) is 5.75 Å². The second-order valence-electron chi connectivity index (χ2n) is 29.2. The molecule has 12 N–H and O–H groups in total. The maximum Gasteiger partial charge on any atom is 0.246 e. The van der Waals surface area contributed by atoms with Crippen molar-refractivity contribution in [3.63, 3.8) is 0 Å². The number of methoxy groups -OCH3 is 1. The van der Waals surface area contributed by atoms with Crippen molar-refractivity contribution in [3.05, 3.63) is 136 Å². The Morgan fingerprint density at radius 2 is 1.37 bits per heavy atom. The predicted molar refractivity (Wildman–Crippen MR) is 395 cm³/mol. The number of H-pyrrole nitrogens is 1. The number of nitrogens with zero attached hydrogens (tertiary/aromatic N) is 3. The Hall–Kier alpha value is -10.4. The van der Waals surface area contributed by atoms with E-state index in [0.29, 0.717) is 62.8 Å². The summed E-state index contributed by atoms with van der Waals surface area (Å²) in [5.41, 5.74) is 2.40. The predicted octanol–water partition coefficient (Wildman–Crippen LogP) is -0.335. The minimum absolute atomic E-state index is 0.0474. The molecule has 31 nitrogen and oxygen atoms in total. The number of likely N-dealkylation sites (N-methyl/N-ethyl adjacent to an activating group) is 1. The van der Waals surface area contributed by atoms with E-state index in [1.54, 1.807) is 67.6 Å². The quantitative estimate of drug-likeness (QED) is 0.0322. The van der Waals surface area contributed by atoms with Crippen molar-refractivity contribution >= 4 is 81.8 Å². The number of rotatable bonds is 17. The molecule has 5 aliphatic rings. The fraction of sp³-hybridized carbons (Fsp3) is 0.506. The van der Waals surface area contributed by atoms with Gasteiger partial charge in [-0.05, 0) is 110 Å². The van der Waals surface area contributed by atoms with Crippen LogP contribution in [-0.2, 0) is 111 Å². The third-order valence-corrected chi connectivity index (χ3v) is 19.8. The van der Waals surface area contributed by atoms with Crippen molar-refractivity contribution in [2.45, 2.75) is 158 Å². The lowest BCUT2D eigenvalue weighted by molar-refractivity contribution is -0.870. The molecule has 0 saturated carbocycles. The van der Waals surface area contributed by atoms with E-state index in [-0.39, 0.29) is 97.5 Å². The highest BCUT2D eigenvalue weighted by molar-refractivity contribution is 6.00. The van der Waals surface area contributed by atoms with Gasteiger partial charge < -0.3 is 96.5 Å². The van der Waals surface area contributed by atoms with Gasteiger partial charge in [-0.1, -0.05) is 60.7 Å². The zero-order valence-corrected chi connectivity index (χ0v) is 62.7. The molecule has 8 bridgehead atoms. The molecule has 5 aliphatic heterocycles. The lowest BCUT2D eigenvalue weighted by Gasteiger charge is -2.37. The number of hydrogen-bond donors (Lipinski definition) is 12. The normalized spacial score (nSPS) is 24.2. The zero-order valence-electron chi connectivity index (χ0n) is 62.7. The lowest BCUT2D eigenvalue weighted by Crippen LogP contribution is -2.64. The van der Waals surface area contributed by atoms with Crippen LogP contribution in [0, 0.1) is 5.82 Å². The van der Waals surface area contributed by atoms with Gasteiger partial charge in [0.1, 0.15) is 72.6 Å². The number of aromatic nitrogens is 1. The fourth-order valence-electron chi connectivity index (χ4n) is 13.4. The van der Waals surface area contributed by atoms with E-state index in [2.05, 4.69) is 58.2 Å². The van der Waals surface area contributed by atoms with Crippen LogP contribution < -0.4 is 57.9 Å². The highest BCUT2D eigenvalue weighted by Crippen LogP contribution is 2.32. The molecule has 109 heavy (non-hydrogen) atoms. The highest BCUT2D eigenvalue weighted by atomic mass is 19.1. The van der Waals surface area contributed by atoms with Gasteiger partial charge in [-0.3, -0.25) is 57.5 Å². The first-order valence-electron chi connectivity index (χ1n) is 36.9. The van der Waals surface area contributed by atoms with Gasteiger partial charge in [-0.15, -0.1) is 0 Å². The molecule has 12 amide bonds. The summed E-state index contributed by atoms with van der Waals surface area (Å²) in [6.07, 6.45) is -2.25. The van der Waals surface area contributed by atoms with Crippen molar-refractivity contribution < 1.29 is 90.5 Å². The smallest absolute Gasteiger partial charge is 0.246 e. The van der Waals surface area contributed by atoms with Crippen molar-refractivity contribution in [3.8, 4) is 5.75 Å². The molecule has 2 saturated heterocycles. The Morgan fingerprint density at radius 3 is 2.10 bits per heavy atom. The molecule has 5 aromatic rings. The number of amides is 12. The van der Waals surface area contributed by atoms with Crippen LogP contribution in [0.4, 0.5) is 4.39 Å². The van der Waals surface area contributed by atoms with Crippen LogP contribution in [0.15, 0.2) is 97.2 Å². The molecule has 10 atom stereocenters.